The van der Waals surface area contributed by atoms with Crippen molar-refractivity contribution < 1.29 is 5.11 Å². The molecule has 1 aromatic carbocycles. The van der Waals surface area contributed by atoms with Crippen LogP contribution in [0.15, 0.2) is 64.6 Å². The van der Waals surface area contributed by atoms with Crippen LogP contribution < -0.4 is 11.1 Å². The normalized spacial score (nSPS) is 18.2. The molecule has 0 heterocycles. The second-order valence-corrected chi connectivity index (χ2v) is 6.03. The molecule has 1 aliphatic rings. The van der Waals surface area contributed by atoms with Crippen molar-refractivity contribution >= 4 is 17.1 Å². The first-order valence-corrected chi connectivity index (χ1v) is 7.91. The van der Waals surface area contributed by atoms with Crippen molar-refractivity contribution in [3.63, 3.8) is 0 Å². The molecule has 0 fully saturated rings. The molecule has 1 aliphatic carbocycles. The molecule has 0 aliphatic heterocycles. The minimum atomic E-state index is 0.0760. The summed E-state index contributed by atoms with van der Waals surface area (Å²) < 4.78 is 0. The first kappa shape index (κ1) is 17.5. The number of nitrogens with one attached hydrogen (secondary N) is 2. The minimum Gasteiger partial charge on any atom is -0.513 e. The first-order chi connectivity index (χ1) is 11.3. The summed E-state index contributed by atoms with van der Waals surface area (Å²) in [5, 5.41) is 20.6. The maximum absolute atomic E-state index is 9.25. The van der Waals surface area contributed by atoms with Crippen molar-refractivity contribution in [2.45, 2.75) is 33.2 Å². The van der Waals surface area contributed by atoms with Crippen molar-refractivity contribution in [3.05, 3.63) is 65.2 Å². The fourth-order valence-corrected chi connectivity index (χ4v) is 2.25. The van der Waals surface area contributed by atoms with Crippen LogP contribution >= 0.6 is 0 Å². The van der Waals surface area contributed by atoms with E-state index in [0.717, 1.165) is 5.69 Å². The molecule has 0 aromatic heterocycles. The summed E-state index contributed by atoms with van der Waals surface area (Å²) in [6, 6.07) is 7.95. The van der Waals surface area contributed by atoms with Crippen molar-refractivity contribution in [1.82, 2.24) is 5.32 Å². The number of hydrogen-bond donors (Lipinski definition) is 4. The quantitative estimate of drug-likeness (QED) is 0.492. The Balaban J connectivity index is 2.20. The number of rotatable bonds is 5. The van der Waals surface area contributed by atoms with E-state index in [1.807, 2.05) is 38.1 Å². The molecule has 1 unspecified atom stereocenters. The van der Waals surface area contributed by atoms with Gasteiger partial charge in [0, 0.05) is 6.04 Å². The molecule has 0 bridgehead atoms. The Morgan fingerprint density at radius 2 is 2.00 bits per heavy atom. The summed E-state index contributed by atoms with van der Waals surface area (Å²) in [4.78, 5) is 4.56. The summed E-state index contributed by atoms with van der Waals surface area (Å²) in [6.45, 7) is 5.66. The molecule has 5 nitrogen and oxygen atoms in total. The highest BCUT2D eigenvalue weighted by Gasteiger charge is 2.15. The van der Waals surface area contributed by atoms with E-state index in [1.54, 1.807) is 25.2 Å². The van der Waals surface area contributed by atoms with E-state index in [9.17, 15) is 5.11 Å². The highest BCUT2D eigenvalue weighted by molar-refractivity contribution is 6.22. The van der Waals surface area contributed by atoms with Gasteiger partial charge in [-0.25, -0.2) is 4.99 Å². The molecule has 126 valence electrons. The lowest BCUT2D eigenvalue weighted by Gasteiger charge is -2.20. The van der Waals surface area contributed by atoms with Crippen LogP contribution in [0.5, 0.6) is 0 Å². The van der Waals surface area contributed by atoms with Crippen molar-refractivity contribution in [3.8, 4) is 0 Å². The van der Waals surface area contributed by atoms with Gasteiger partial charge < -0.3 is 16.2 Å². The van der Waals surface area contributed by atoms with Gasteiger partial charge in [0.1, 0.15) is 0 Å². The molecule has 24 heavy (non-hydrogen) atoms. The number of aryl methyl sites for hydroxylation is 1. The molecule has 1 atom stereocenters. The average molecular weight is 324 g/mol. The molecular weight excluding hydrogens is 300 g/mol. The molecule has 0 radical (unpaired) electrons. The fourth-order valence-electron chi connectivity index (χ4n) is 2.25. The Bertz CT molecular complexity index is 735. The van der Waals surface area contributed by atoms with Gasteiger partial charge in [0.05, 0.1) is 34.3 Å². The van der Waals surface area contributed by atoms with Crippen LogP contribution in [0.4, 0.5) is 5.69 Å². The number of aliphatic hydroxyl groups is 1. The summed E-state index contributed by atoms with van der Waals surface area (Å²) in [5.41, 5.74) is 10.1. The number of benzene rings is 1. The Kier molecular flexibility index (Phi) is 5.58. The topological polar surface area (TPSA) is 94.5 Å². The van der Waals surface area contributed by atoms with Gasteiger partial charge in [-0.1, -0.05) is 17.7 Å². The Hall–Kier alpha value is -2.82. The second-order valence-electron chi connectivity index (χ2n) is 6.03. The summed E-state index contributed by atoms with van der Waals surface area (Å²) in [6.07, 6.45) is 5.81. The van der Waals surface area contributed by atoms with Gasteiger partial charge in [-0.05, 0) is 57.6 Å². The van der Waals surface area contributed by atoms with Gasteiger partial charge in [-0.2, -0.15) is 0 Å². The predicted molar refractivity (Wildman–Crippen MR) is 100.0 cm³/mol. The molecule has 0 saturated heterocycles. The summed E-state index contributed by atoms with van der Waals surface area (Å²) in [7, 11) is 0. The molecular formula is C19H24N4O. The standard InChI is InChI=1S/C19H24N4O/c1-12-4-8-15(9-5-12)23-19-11-18(16(20)10-17(19)21)22-13(2)6-7-14(3)24/h4-5,7-11,13,20,22,24H,6,21H2,1-3H3/b14-7+,20-16?,23-19-. The predicted octanol–water partition coefficient (Wildman–Crippen LogP) is 3.66. The number of allylic oxidation sites excluding steroid dienone is 3. The number of aliphatic hydroxyl groups excluding tert-OH is 1. The molecule has 0 spiro atoms. The van der Waals surface area contributed by atoms with Crippen molar-refractivity contribution in [2.24, 2.45) is 10.7 Å². The van der Waals surface area contributed by atoms with Crippen LogP contribution in [0, 0.1) is 12.3 Å². The van der Waals surface area contributed by atoms with Gasteiger partial charge in [-0.15, -0.1) is 0 Å². The Morgan fingerprint density at radius 1 is 1.33 bits per heavy atom. The van der Waals surface area contributed by atoms with Crippen LogP contribution in [-0.2, 0) is 0 Å². The van der Waals surface area contributed by atoms with Crippen LogP contribution in [0.25, 0.3) is 0 Å². The molecule has 5 heteroatoms. The van der Waals surface area contributed by atoms with E-state index in [-0.39, 0.29) is 6.04 Å². The van der Waals surface area contributed by atoms with Gasteiger partial charge in [0.15, 0.2) is 0 Å². The zero-order valence-corrected chi connectivity index (χ0v) is 14.3. The van der Waals surface area contributed by atoms with E-state index in [0.29, 0.717) is 35.0 Å². The number of hydrogen-bond acceptors (Lipinski definition) is 5. The molecule has 0 saturated carbocycles. The van der Waals surface area contributed by atoms with Gasteiger partial charge in [0.2, 0.25) is 0 Å². The number of nitrogens with zero attached hydrogens (tertiary/aromatic N) is 1. The zero-order chi connectivity index (χ0) is 17.7. The van der Waals surface area contributed by atoms with E-state index >= 15 is 0 Å². The lowest BCUT2D eigenvalue weighted by Crippen LogP contribution is -2.32. The molecule has 5 N–H and O–H groups in total. The van der Waals surface area contributed by atoms with Crippen LogP contribution in [0.2, 0.25) is 0 Å². The number of nitrogens with two attached hydrogens (primary N) is 1. The van der Waals surface area contributed by atoms with Crippen molar-refractivity contribution in [2.75, 3.05) is 0 Å². The van der Waals surface area contributed by atoms with E-state index in [1.165, 1.54) is 5.56 Å². The highest BCUT2D eigenvalue weighted by Crippen LogP contribution is 2.17. The largest absolute Gasteiger partial charge is 0.513 e. The third-order valence-electron chi connectivity index (χ3n) is 3.62. The van der Waals surface area contributed by atoms with Gasteiger partial charge in [-0.3, -0.25) is 5.41 Å². The molecule has 2 rings (SSSR count). The van der Waals surface area contributed by atoms with Crippen molar-refractivity contribution in [1.29, 1.82) is 5.41 Å². The highest BCUT2D eigenvalue weighted by atomic mass is 16.3. The summed E-state index contributed by atoms with van der Waals surface area (Å²) in [5.74, 6) is 0.294. The third-order valence-corrected chi connectivity index (χ3v) is 3.62. The number of aliphatic imine (C=N–C) groups is 1. The summed E-state index contributed by atoms with van der Waals surface area (Å²) >= 11 is 0. The van der Waals surface area contributed by atoms with E-state index in [4.69, 9.17) is 11.1 Å². The first-order valence-electron chi connectivity index (χ1n) is 7.91. The fraction of sp³-hybridized carbons (Fsp3) is 0.263. The van der Waals surface area contributed by atoms with E-state index < -0.39 is 0 Å². The van der Waals surface area contributed by atoms with Gasteiger partial charge in [0.25, 0.3) is 0 Å². The second kappa shape index (κ2) is 7.64. The third kappa shape index (κ3) is 4.84. The van der Waals surface area contributed by atoms with Crippen LogP contribution in [0.1, 0.15) is 25.8 Å². The average Bonchev–Trinajstić information content (AvgIpc) is 2.52. The SMILES string of the molecule is C/C(O)=C\CC(C)NC1=C/C(=N/c2ccc(C)cc2)C(N)=CC1=N. The zero-order valence-electron chi connectivity index (χ0n) is 14.3. The van der Waals surface area contributed by atoms with Crippen LogP contribution in [0.3, 0.4) is 0 Å². The monoisotopic (exact) mass is 324 g/mol. The molecule has 1 aromatic rings. The maximum atomic E-state index is 9.25. The van der Waals surface area contributed by atoms with Gasteiger partial charge >= 0.3 is 0 Å². The Labute approximate surface area is 142 Å². The minimum absolute atomic E-state index is 0.0760. The molecule has 0 amide bonds. The maximum Gasteiger partial charge on any atom is 0.0888 e. The smallest absolute Gasteiger partial charge is 0.0888 e. The van der Waals surface area contributed by atoms with E-state index in [2.05, 4.69) is 10.3 Å². The van der Waals surface area contributed by atoms with Crippen LogP contribution in [-0.4, -0.2) is 22.6 Å². The Morgan fingerprint density at radius 3 is 2.62 bits per heavy atom. The lowest BCUT2D eigenvalue weighted by atomic mass is 10.0. The lowest BCUT2D eigenvalue weighted by molar-refractivity contribution is 0.409.